The zero-order chi connectivity index (χ0) is 16.5. The van der Waals surface area contributed by atoms with Crippen molar-refractivity contribution in [3.05, 3.63) is 29.3 Å². The van der Waals surface area contributed by atoms with Gasteiger partial charge in [0.25, 0.3) is 0 Å². The summed E-state index contributed by atoms with van der Waals surface area (Å²) in [6.45, 7) is 9.55. The molecule has 2 rings (SSSR count). The normalized spacial score (nSPS) is 22.0. The number of hydrogen-bond donors (Lipinski definition) is 3. The average Bonchev–Trinajstić information content (AvgIpc) is 3.07. The lowest BCUT2D eigenvalue weighted by molar-refractivity contribution is 0.0522. The molecule has 0 saturated heterocycles. The Labute approximate surface area is 132 Å². The fourth-order valence-electron chi connectivity index (χ4n) is 2.43. The Kier molecular flexibility index (Phi) is 4.66. The van der Waals surface area contributed by atoms with Crippen molar-refractivity contribution >= 4 is 6.09 Å². The highest BCUT2D eigenvalue weighted by Crippen LogP contribution is 2.30. The van der Waals surface area contributed by atoms with Gasteiger partial charge in [-0.1, -0.05) is 17.7 Å². The van der Waals surface area contributed by atoms with Crippen LogP contribution in [0.5, 0.6) is 5.75 Å². The molecule has 0 aliphatic heterocycles. The number of ether oxygens (including phenoxy) is 1. The van der Waals surface area contributed by atoms with Gasteiger partial charge in [-0.2, -0.15) is 0 Å². The number of hydrogen-bond acceptors (Lipinski definition) is 4. The van der Waals surface area contributed by atoms with Crippen LogP contribution in [-0.4, -0.2) is 28.9 Å². The van der Waals surface area contributed by atoms with E-state index in [0.29, 0.717) is 5.75 Å². The Bertz CT molecular complexity index is 551. The predicted octanol–water partition coefficient (Wildman–Crippen LogP) is 3.02. The van der Waals surface area contributed by atoms with E-state index in [-0.39, 0.29) is 24.2 Å². The van der Waals surface area contributed by atoms with Gasteiger partial charge < -0.3 is 20.5 Å². The number of carbonyl (C=O) groups is 1. The van der Waals surface area contributed by atoms with Crippen LogP contribution in [0.3, 0.4) is 0 Å². The van der Waals surface area contributed by atoms with Crippen LogP contribution >= 0.6 is 0 Å². The number of phenols is 1. The Morgan fingerprint density at radius 1 is 1.36 bits per heavy atom. The molecule has 0 heterocycles. The molecule has 0 bridgehead atoms. The first kappa shape index (κ1) is 16.6. The maximum Gasteiger partial charge on any atom is 0.407 e. The van der Waals surface area contributed by atoms with Crippen LogP contribution in [0.2, 0.25) is 0 Å². The molecular formula is C17H26N2O3. The fraction of sp³-hybridized carbons (Fsp3) is 0.588. The number of phenolic OH excluding ortho intramolecular Hbond substituents is 1. The van der Waals surface area contributed by atoms with E-state index in [2.05, 4.69) is 10.6 Å². The Morgan fingerprint density at radius 2 is 2.05 bits per heavy atom. The summed E-state index contributed by atoms with van der Waals surface area (Å²) in [6.07, 6.45) is 0.490. The molecule has 0 aromatic heterocycles. The van der Waals surface area contributed by atoms with Gasteiger partial charge in [0, 0.05) is 23.7 Å². The number of benzene rings is 1. The van der Waals surface area contributed by atoms with E-state index in [0.717, 1.165) is 17.5 Å². The zero-order valence-electron chi connectivity index (χ0n) is 13.9. The molecule has 0 radical (unpaired) electrons. The van der Waals surface area contributed by atoms with Crippen molar-refractivity contribution in [1.82, 2.24) is 10.6 Å². The van der Waals surface area contributed by atoms with Gasteiger partial charge in [-0.15, -0.1) is 0 Å². The number of amides is 1. The second-order valence-corrected chi connectivity index (χ2v) is 7.05. The molecule has 3 unspecified atom stereocenters. The number of rotatable bonds is 4. The highest BCUT2D eigenvalue weighted by Gasteiger charge is 2.40. The Balaban J connectivity index is 1.84. The molecule has 3 atom stereocenters. The van der Waals surface area contributed by atoms with E-state index in [1.54, 1.807) is 6.07 Å². The third-order valence-corrected chi connectivity index (χ3v) is 3.61. The first-order valence-electron chi connectivity index (χ1n) is 7.71. The summed E-state index contributed by atoms with van der Waals surface area (Å²) in [5, 5.41) is 16.2. The molecule has 5 heteroatoms. The molecule has 1 fully saturated rings. The zero-order valence-corrected chi connectivity index (χ0v) is 13.9. The van der Waals surface area contributed by atoms with Crippen molar-refractivity contribution in [3.63, 3.8) is 0 Å². The van der Waals surface area contributed by atoms with Crippen molar-refractivity contribution in [2.75, 3.05) is 0 Å². The van der Waals surface area contributed by atoms with Gasteiger partial charge >= 0.3 is 6.09 Å². The van der Waals surface area contributed by atoms with Gasteiger partial charge in [-0.3, -0.25) is 0 Å². The minimum absolute atomic E-state index is 0.0235. The number of carbonyl (C=O) groups excluding carboxylic acids is 1. The number of aromatic hydroxyl groups is 1. The van der Waals surface area contributed by atoms with Crippen LogP contribution in [0.1, 0.15) is 51.3 Å². The molecule has 122 valence electrons. The summed E-state index contributed by atoms with van der Waals surface area (Å²) in [5.74, 6) is 0.294. The molecule has 1 aliphatic rings. The SMILES string of the molecule is Cc1ccc(O)c(C(C)NC2CC2NC(=O)OC(C)(C)C)c1. The van der Waals surface area contributed by atoms with Gasteiger partial charge in [-0.25, -0.2) is 4.79 Å². The van der Waals surface area contributed by atoms with Crippen molar-refractivity contribution < 1.29 is 14.6 Å². The monoisotopic (exact) mass is 306 g/mol. The van der Waals surface area contributed by atoms with Crippen LogP contribution in [0.4, 0.5) is 4.79 Å². The summed E-state index contributed by atoms with van der Waals surface area (Å²) in [6, 6.07) is 5.90. The molecule has 5 nitrogen and oxygen atoms in total. The Morgan fingerprint density at radius 3 is 2.68 bits per heavy atom. The van der Waals surface area contributed by atoms with Crippen molar-refractivity contribution in [2.24, 2.45) is 0 Å². The summed E-state index contributed by atoms with van der Waals surface area (Å²) >= 11 is 0. The standard InChI is InChI=1S/C17H26N2O3/c1-10-6-7-15(20)12(8-10)11(2)18-13-9-14(13)19-16(21)22-17(3,4)5/h6-8,11,13-14,18,20H,9H2,1-5H3,(H,19,21). The number of nitrogens with one attached hydrogen (secondary N) is 2. The number of aryl methyl sites for hydroxylation is 1. The van der Waals surface area contributed by atoms with Gasteiger partial charge in [0.05, 0.1) is 0 Å². The fourth-order valence-corrected chi connectivity index (χ4v) is 2.43. The number of alkyl carbamates (subject to hydrolysis) is 1. The molecule has 22 heavy (non-hydrogen) atoms. The van der Waals surface area contributed by atoms with Gasteiger partial charge in [-0.05, 0) is 47.1 Å². The van der Waals surface area contributed by atoms with Crippen molar-refractivity contribution in [1.29, 1.82) is 0 Å². The molecule has 1 aromatic carbocycles. The molecule has 0 spiro atoms. The predicted molar refractivity (Wildman–Crippen MR) is 86.0 cm³/mol. The van der Waals surface area contributed by atoms with Gasteiger partial charge in [0.15, 0.2) is 0 Å². The lowest BCUT2D eigenvalue weighted by atomic mass is 10.0. The highest BCUT2D eigenvalue weighted by atomic mass is 16.6. The van der Waals surface area contributed by atoms with E-state index < -0.39 is 5.60 Å². The minimum atomic E-state index is -0.484. The van der Waals surface area contributed by atoms with Crippen LogP contribution in [0.15, 0.2) is 18.2 Å². The van der Waals surface area contributed by atoms with Crippen molar-refractivity contribution in [3.8, 4) is 5.75 Å². The van der Waals surface area contributed by atoms with Gasteiger partial charge in [0.1, 0.15) is 11.4 Å². The first-order valence-corrected chi connectivity index (χ1v) is 7.71. The summed E-state index contributed by atoms with van der Waals surface area (Å²) in [4.78, 5) is 11.7. The quantitative estimate of drug-likeness (QED) is 0.799. The lowest BCUT2D eigenvalue weighted by Crippen LogP contribution is -2.37. The average molecular weight is 306 g/mol. The second-order valence-electron chi connectivity index (χ2n) is 7.05. The second kappa shape index (κ2) is 6.16. The lowest BCUT2D eigenvalue weighted by Gasteiger charge is -2.20. The van der Waals surface area contributed by atoms with E-state index in [9.17, 15) is 9.90 Å². The molecule has 3 N–H and O–H groups in total. The van der Waals surface area contributed by atoms with E-state index in [1.165, 1.54) is 0 Å². The molecule has 1 amide bonds. The van der Waals surface area contributed by atoms with E-state index >= 15 is 0 Å². The first-order chi connectivity index (χ1) is 10.2. The topological polar surface area (TPSA) is 70.6 Å². The van der Waals surface area contributed by atoms with Crippen LogP contribution < -0.4 is 10.6 Å². The van der Waals surface area contributed by atoms with E-state index in [1.807, 2.05) is 46.8 Å². The molecule has 1 aliphatic carbocycles. The third kappa shape index (κ3) is 4.63. The minimum Gasteiger partial charge on any atom is -0.508 e. The molecular weight excluding hydrogens is 280 g/mol. The molecule has 1 aromatic rings. The maximum absolute atomic E-state index is 11.7. The largest absolute Gasteiger partial charge is 0.508 e. The molecule has 1 saturated carbocycles. The third-order valence-electron chi connectivity index (χ3n) is 3.61. The van der Waals surface area contributed by atoms with Gasteiger partial charge in [0.2, 0.25) is 0 Å². The highest BCUT2D eigenvalue weighted by molar-refractivity contribution is 5.68. The van der Waals surface area contributed by atoms with Crippen LogP contribution in [-0.2, 0) is 4.74 Å². The van der Waals surface area contributed by atoms with Crippen LogP contribution in [0.25, 0.3) is 0 Å². The summed E-state index contributed by atoms with van der Waals surface area (Å²) < 4.78 is 5.24. The summed E-state index contributed by atoms with van der Waals surface area (Å²) in [5.41, 5.74) is 1.51. The Hall–Kier alpha value is -1.75. The van der Waals surface area contributed by atoms with Crippen LogP contribution in [0, 0.1) is 6.92 Å². The smallest absolute Gasteiger partial charge is 0.407 e. The van der Waals surface area contributed by atoms with Crippen molar-refractivity contribution in [2.45, 2.75) is 64.8 Å². The maximum atomic E-state index is 11.7. The van der Waals surface area contributed by atoms with E-state index in [4.69, 9.17) is 4.74 Å². The summed E-state index contributed by atoms with van der Waals surface area (Å²) in [7, 11) is 0.